The van der Waals surface area contributed by atoms with E-state index in [0.717, 1.165) is 44.3 Å². The highest BCUT2D eigenvalue weighted by molar-refractivity contribution is 5.85. The van der Waals surface area contributed by atoms with Crippen LogP contribution in [0.2, 0.25) is 0 Å². The van der Waals surface area contributed by atoms with Crippen molar-refractivity contribution in [3.8, 4) is 0 Å². The molecule has 1 heterocycles. The largest absolute Gasteiger partial charge is 0.356 e. The summed E-state index contributed by atoms with van der Waals surface area (Å²) < 4.78 is 0. The van der Waals surface area contributed by atoms with E-state index in [1.54, 1.807) is 0 Å². The minimum absolute atomic E-state index is 0. The molecular formula is C16H31ClN2O. The first-order valence-corrected chi connectivity index (χ1v) is 8.23. The van der Waals surface area contributed by atoms with E-state index < -0.39 is 0 Å². The number of hydrogen-bond donors (Lipinski definition) is 2. The topological polar surface area (TPSA) is 41.1 Å². The lowest BCUT2D eigenvalue weighted by Gasteiger charge is -2.27. The summed E-state index contributed by atoms with van der Waals surface area (Å²) in [6, 6.07) is 0. The van der Waals surface area contributed by atoms with Crippen LogP contribution in [0.1, 0.15) is 58.3 Å². The van der Waals surface area contributed by atoms with Crippen LogP contribution in [-0.4, -0.2) is 25.5 Å². The Morgan fingerprint density at radius 3 is 2.65 bits per heavy atom. The average Bonchev–Trinajstić information content (AvgIpc) is 2.93. The second kappa shape index (κ2) is 9.62. The molecular weight excluding hydrogens is 272 g/mol. The van der Waals surface area contributed by atoms with E-state index in [9.17, 15) is 4.79 Å². The fourth-order valence-electron chi connectivity index (χ4n) is 3.61. The Kier molecular flexibility index (Phi) is 8.55. The molecule has 0 aromatic carbocycles. The van der Waals surface area contributed by atoms with Gasteiger partial charge in [-0.2, -0.15) is 0 Å². The van der Waals surface area contributed by atoms with Gasteiger partial charge in [-0.05, 0) is 43.7 Å². The Labute approximate surface area is 130 Å². The number of carbonyl (C=O) groups excluding carboxylic acids is 1. The third-order valence-electron chi connectivity index (χ3n) is 5.00. The minimum atomic E-state index is 0. The molecule has 0 bridgehead atoms. The zero-order valence-electron chi connectivity index (χ0n) is 12.8. The molecule has 0 radical (unpaired) electrons. The lowest BCUT2D eigenvalue weighted by atomic mass is 9.79. The first kappa shape index (κ1) is 17.8. The monoisotopic (exact) mass is 302 g/mol. The van der Waals surface area contributed by atoms with Gasteiger partial charge >= 0.3 is 0 Å². The van der Waals surface area contributed by atoms with Gasteiger partial charge in [-0.15, -0.1) is 12.4 Å². The van der Waals surface area contributed by atoms with Crippen LogP contribution in [0.4, 0.5) is 0 Å². The molecule has 1 aliphatic carbocycles. The van der Waals surface area contributed by atoms with Crippen LogP contribution in [0.25, 0.3) is 0 Å². The van der Waals surface area contributed by atoms with Crippen LogP contribution in [0.5, 0.6) is 0 Å². The summed E-state index contributed by atoms with van der Waals surface area (Å²) in [5.41, 5.74) is 0. The molecule has 1 aliphatic heterocycles. The summed E-state index contributed by atoms with van der Waals surface area (Å²) in [7, 11) is 0. The first-order chi connectivity index (χ1) is 9.25. The number of hydrogen-bond acceptors (Lipinski definition) is 2. The quantitative estimate of drug-likeness (QED) is 0.791. The molecule has 2 fully saturated rings. The maximum absolute atomic E-state index is 11.9. The molecule has 1 saturated heterocycles. The van der Waals surface area contributed by atoms with Gasteiger partial charge < -0.3 is 10.6 Å². The molecule has 2 aliphatic rings. The predicted molar refractivity (Wildman–Crippen MR) is 86.2 cm³/mol. The first-order valence-electron chi connectivity index (χ1n) is 8.23. The van der Waals surface area contributed by atoms with Gasteiger partial charge in [0.05, 0.1) is 0 Å². The van der Waals surface area contributed by atoms with Crippen molar-refractivity contribution < 1.29 is 4.79 Å². The number of nitrogens with one attached hydrogen (secondary N) is 2. The van der Waals surface area contributed by atoms with Crippen molar-refractivity contribution in [3.05, 3.63) is 0 Å². The standard InChI is InChI=1S/C16H30N2O.ClH/c1-13(15-5-3-2-4-6-15)11-16(19)18-10-8-14-7-9-17-12-14;/h13-15,17H,2-12H2,1H3,(H,18,19);1H. The summed E-state index contributed by atoms with van der Waals surface area (Å²) in [6.07, 6.45) is 9.93. The summed E-state index contributed by atoms with van der Waals surface area (Å²) >= 11 is 0. The Morgan fingerprint density at radius 1 is 1.25 bits per heavy atom. The van der Waals surface area contributed by atoms with E-state index >= 15 is 0 Å². The van der Waals surface area contributed by atoms with Crippen molar-refractivity contribution in [1.29, 1.82) is 0 Å². The molecule has 4 heteroatoms. The summed E-state index contributed by atoms with van der Waals surface area (Å²) in [5, 5.41) is 6.49. The number of rotatable bonds is 6. The van der Waals surface area contributed by atoms with Crippen LogP contribution < -0.4 is 10.6 Å². The van der Waals surface area contributed by atoms with Crippen molar-refractivity contribution in [2.45, 2.75) is 58.3 Å². The summed E-state index contributed by atoms with van der Waals surface area (Å²) in [6.45, 7) is 5.41. The molecule has 2 N–H and O–H groups in total. The molecule has 2 atom stereocenters. The molecule has 0 aromatic heterocycles. The highest BCUT2D eigenvalue weighted by atomic mass is 35.5. The van der Waals surface area contributed by atoms with Crippen LogP contribution >= 0.6 is 12.4 Å². The molecule has 1 saturated carbocycles. The van der Waals surface area contributed by atoms with E-state index in [1.807, 2.05) is 0 Å². The Bertz CT molecular complexity index is 274. The Morgan fingerprint density at radius 2 is 2.00 bits per heavy atom. The number of halogens is 1. The smallest absolute Gasteiger partial charge is 0.220 e. The van der Waals surface area contributed by atoms with E-state index in [0.29, 0.717) is 5.92 Å². The van der Waals surface area contributed by atoms with Crippen molar-refractivity contribution >= 4 is 18.3 Å². The molecule has 2 rings (SSSR count). The SMILES string of the molecule is CC(CC(=O)NCCC1CCNC1)C1CCCCC1.Cl. The fourth-order valence-corrected chi connectivity index (χ4v) is 3.61. The van der Waals surface area contributed by atoms with E-state index in [2.05, 4.69) is 17.6 Å². The summed E-state index contributed by atoms with van der Waals surface area (Å²) in [5.74, 6) is 2.40. The van der Waals surface area contributed by atoms with Gasteiger partial charge in [0.25, 0.3) is 0 Å². The van der Waals surface area contributed by atoms with Gasteiger partial charge in [-0.1, -0.05) is 39.0 Å². The van der Waals surface area contributed by atoms with Gasteiger partial charge in [-0.25, -0.2) is 0 Å². The lowest BCUT2D eigenvalue weighted by molar-refractivity contribution is -0.122. The van der Waals surface area contributed by atoms with Gasteiger partial charge in [0.15, 0.2) is 0 Å². The highest BCUT2D eigenvalue weighted by Crippen LogP contribution is 2.31. The molecule has 0 aromatic rings. The van der Waals surface area contributed by atoms with Gasteiger partial charge in [0, 0.05) is 13.0 Å². The van der Waals surface area contributed by atoms with Crippen LogP contribution in [0, 0.1) is 17.8 Å². The normalized spacial score (nSPS) is 24.9. The van der Waals surface area contributed by atoms with E-state index in [1.165, 1.54) is 38.5 Å². The maximum Gasteiger partial charge on any atom is 0.220 e. The van der Waals surface area contributed by atoms with Crippen LogP contribution in [-0.2, 0) is 4.79 Å². The fraction of sp³-hybridized carbons (Fsp3) is 0.938. The highest BCUT2D eigenvalue weighted by Gasteiger charge is 2.22. The van der Waals surface area contributed by atoms with Crippen molar-refractivity contribution in [3.63, 3.8) is 0 Å². The molecule has 118 valence electrons. The van der Waals surface area contributed by atoms with Crippen LogP contribution in [0.3, 0.4) is 0 Å². The average molecular weight is 303 g/mol. The molecule has 0 spiro atoms. The van der Waals surface area contributed by atoms with E-state index in [-0.39, 0.29) is 18.3 Å². The van der Waals surface area contributed by atoms with Crippen molar-refractivity contribution in [2.24, 2.45) is 17.8 Å². The van der Waals surface area contributed by atoms with Gasteiger partial charge in [0.1, 0.15) is 0 Å². The van der Waals surface area contributed by atoms with Crippen LogP contribution in [0.15, 0.2) is 0 Å². The predicted octanol–water partition coefficient (Wildman–Crippen LogP) is 3.13. The third kappa shape index (κ3) is 6.01. The van der Waals surface area contributed by atoms with Crippen molar-refractivity contribution in [2.75, 3.05) is 19.6 Å². The zero-order chi connectivity index (χ0) is 13.5. The second-order valence-corrected chi connectivity index (χ2v) is 6.58. The zero-order valence-corrected chi connectivity index (χ0v) is 13.6. The lowest BCUT2D eigenvalue weighted by Crippen LogP contribution is -2.29. The van der Waals surface area contributed by atoms with Gasteiger partial charge in [-0.3, -0.25) is 4.79 Å². The Hall–Kier alpha value is -0.280. The van der Waals surface area contributed by atoms with Gasteiger partial charge in [0.2, 0.25) is 5.91 Å². The summed E-state index contributed by atoms with van der Waals surface area (Å²) in [4.78, 5) is 11.9. The van der Waals surface area contributed by atoms with Crippen molar-refractivity contribution in [1.82, 2.24) is 10.6 Å². The minimum Gasteiger partial charge on any atom is -0.356 e. The number of carbonyl (C=O) groups is 1. The maximum atomic E-state index is 11.9. The molecule has 2 unspecified atom stereocenters. The third-order valence-corrected chi connectivity index (χ3v) is 5.00. The molecule has 1 amide bonds. The number of amides is 1. The second-order valence-electron chi connectivity index (χ2n) is 6.58. The molecule has 20 heavy (non-hydrogen) atoms. The Balaban J connectivity index is 0.00000200. The molecule has 3 nitrogen and oxygen atoms in total. The van der Waals surface area contributed by atoms with E-state index in [4.69, 9.17) is 0 Å².